The van der Waals surface area contributed by atoms with E-state index in [9.17, 15) is 14.9 Å². The van der Waals surface area contributed by atoms with Crippen LogP contribution in [0.2, 0.25) is 0 Å². The van der Waals surface area contributed by atoms with E-state index < -0.39 is 4.92 Å². The average molecular weight is 373 g/mol. The molecule has 0 aliphatic heterocycles. The van der Waals surface area contributed by atoms with Crippen molar-refractivity contribution in [2.75, 3.05) is 7.11 Å². The van der Waals surface area contributed by atoms with Crippen molar-refractivity contribution in [1.29, 1.82) is 0 Å². The number of fused-ring (bicyclic) bond motifs is 1. The number of nitro benzene ring substituents is 1. The van der Waals surface area contributed by atoms with Crippen LogP contribution in [0.4, 0.5) is 5.69 Å². The molecule has 3 aromatic carbocycles. The van der Waals surface area contributed by atoms with Crippen LogP contribution >= 0.6 is 0 Å². The van der Waals surface area contributed by atoms with Crippen molar-refractivity contribution in [2.45, 2.75) is 0 Å². The van der Waals surface area contributed by atoms with Gasteiger partial charge in [-0.3, -0.25) is 19.5 Å². The molecule has 0 saturated carbocycles. The summed E-state index contributed by atoms with van der Waals surface area (Å²) in [5, 5.41) is 11.4. The minimum atomic E-state index is -0.464. The van der Waals surface area contributed by atoms with Crippen LogP contribution < -0.4 is 10.3 Å². The number of aromatic nitrogens is 2. The number of ether oxygens (including phenoxy) is 1. The van der Waals surface area contributed by atoms with E-state index in [1.807, 2.05) is 6.07 Å². The van der Waals surface area contributed by atoms with Gasteiger partial charge in [0, 0.05) is 17.7 Å². The normalized spacial score (nSPS) is 10.8. The Morgan fingerprint density at radius 2 is 1.64 bits per heavy atom. The van der Waals surface area contributed by atoms with Crippen LogP contribution in [0.25, 0.3) is 28.0 Å². The summed E-state index contributed by atoms with van der Waals surface area (Å²) >= 11 is 0. The van der Waals surface area contributed by atoms with E-state index in [-0.39, 0.29) is 11.2 Å². The van der Waals surface area contributed by atoms with E-state index in [0.717, 1.165) is 0 Å². The molecule has 7 heteroatoms. The Kier molecular flexibility index (Phi) is 4.33. The number of rotatable bonds is 4. The first-order valence-corrected chi connectivity index (χ1v) is 8.49. The van der Waals surface area contributed by atoms with E-state index in [0.29, 0.717) is 33.7 Å². The number of non-ortho nitro benzene ring substituents is 1. The lowest BCUT2D eigenvalue weighted by Crippen LogP contribution is -2.21. The molecule has 0 aliphatic carbocycles. The number of nitro groups is 1. The predicted molar refractivity (Wildman–Crippen MR) is 106 cm³/mol. The molecule has 0 radical (unpaired) electrons. The van der Waals surface area contributed by atoms with Gasteiger partial charge in [-0.15, -0.1) is 0 Å². The third-order valence-electron chi connectivity index (χ3n) is 4.44. The van der Waals surface area contributed by atoms with Gasteiger partial charge in [0.05, 0.1) is 28.6 Å². The number of hydrogen-bond acceptors (Lipinski definition) is 5. The van der Waals surface area contributed by atoms with Crippen LogP contribution in [0.3, 0.4) is 0 Å². The van der Waals surface area contributed by atoms with Gasteiger partial charge in [-0.2, -0.15) is 0 Å². The van der Waals surface area contributed by atoms with Crippen LogP contribution in [-0.4, -0.2) is 21.6 Å². The molecule has 4 aromatic rings. The molecule has 0 N–H and O–H groups in total. The fraction of sp³-hybridized carbons (Fsp3) is 0.0476. The molecule has 0 saturated heterocycles. The molecule has 7 nitrogen and oxygen atoms in total. The average Bonchev–Trinajstić information content (AvgIpc) is 2.74. The van der Waals surface area contributed by atoms with E-state index >= 15 is 0 Å². The van der Waals surface area contributed by atoms with Crippen molar-refractivity contribution in [3.8, 4) is 22.8 Å². The molecule has 1 aromatic heterocycles. The Morgan fingerprint density at radius 1 is 0.964 bits per heavy atom. The Balaban J connectivity index is 2.00. The minimum Gasteiger partial charge on any atom is -0.497 e. The van der Waals surface area contributed by atoms with Crippen LogP contribution in [0.5, 0.6) is 5.75 Å². The molecular formula is C21H15N3O4. The Labute approximate surface area is 159 Å². The highest BCUT2D eigenvalue weighted by Crippen LogP contribution is 2.25. The summed E-state index contributed by atoms with van der Waals surface area (Å²) in [7, 11) is 1.57. The maximum Gasteiger partial charge on any atom is 0.269 e. The van der Waals surface area contributed by atoms with Crippen molar-refractivity contribution >= 4 is 16.6 Å². The van der Waals surface area contributed by atoms with Gasteiger partial charge in [0.2, 0.25) is 0 Å². The van der Waals surface area contributed by atoms with Crippen molar-refractivity contribution < 1.29 is 9.66 Å². The molecule has 4 rings (SSSR count). The van der Waals surface area contributed by atoms with Gasteiger partial charge in [-0.25, -0.2) is 4.98 Å². The van der Waals surface area contributed by atoms with E-state index in [1.165, 1.54) is 16.7 Å². The molecule has 0 amide bonds. The molecule has 0 aliphatic rings. The second-order valence-electron chi connectivity index (χ2n) is 6.10. The van der Waals surface area contributed by atoms with E-state index in [2.05, 4.69) is 4.98 Å². The van der Waals surface area contributed by atoms with Crippen molar-refractivity contribution in [2.24, 2.45) is 0 Å². The monoisotopic (exact) mass is 373 g/mol. The molecule has 0 fully saturated rings. The lowest BCUT2D eigenvalue weighted by Gasteiger charge is -2.14. The van der Waals surface area contributed by atoms with Crippen molar-refractivity contribution in [1.82, 2.24) is 9.55 Å². The van der Waals surface area contributed by atoms with Crippen molar-refractivity contribution in [3.63, 3.8) is 0 Å². The number of methoxy groups -OCH3 is 1. The quantitative estimate of drug-likeness (QED) is 0.399. The van der Waals surface area contributed by atoms with Gasteiger partial charge >= 0.3 is 0 Å². The Morgan fingerprint density at radius 3 is 2.29 bits per heavy atom. The lowest BCUT2D eigenvalue weighted by atomic mass is 10.1. The number of benzene rings is 3. The molecule has 0 bridgehead atoms. The summed E-state index contributed by atoms with van der Waals surface area (Å²) in [6.07, 6.45) is 0. The second-order valence-corrected chi connectivity index (χ2v) is 6.10. The summed E-state index contributed by atoms with van der Waals surface area (Å²) in [6, 6.07) is 20.1. The number of hydrogen-bond donors (Lipinski definition) is 0. The predicted octanol–water partition coefficient (Wildman–Crippen LogP) is 3.97. The van der Waals surface area contributed by atoms with E-state index in [4.69, 9.17) is 4.74 Å². The van der Waals surface area contributed by atoms with Gasteiger partial charge in [0.15, 0.2) is 0 Å². The summed E-state index contributed by atoms with van der Waals surface area (Å²) in [5.74, 6) is 1.08. The largest absolute Gasteiger partial charge is 0.497 e. The highest BCUT2D eigenvalue weighted by molar-refractivity contribution is 5.80. The summed E-state index contributed by atoms with van der Waals surface area (Å²) in [6.45, 7) is 0. The Hall–Kier alpha value is -4.00. The van der Waals surface area contributed by atoms with Gasteiger partial charge < -0.3 is 4.74 Å². The zero-order valence-corrected chi connectivity index (χ0v) is 14.9. The molecule has 0 unspecified atom stereocenters. The third kappa shape index (κ3) is 2.99. The zero-order chi connectivity index (χ0) is 19.7. The maximum absolute atomic E-state index is 13.2. The maximum atomic E-state index is 13.2. The highest BCUT2D eigenvalue weighted by atomic mass is 16.6. The Bertz CT molecular complexity index is 1230. The summed E-state index contributed by atoms with van der Waals surface area (Å²) < 4.78 is 6.69. The standard InChI is InChI=1S/C21H15N3O4/c1-28-17-12-10-15(11-13-17)23-20(14-6-8-16(9-7-14)24(26)27)22-19-5-3-2-4-18(19)21(23)25/h2-13H,1H3. The fourth-order valence-electron chi connectivity index (χ4n) is 3.03. The number of para-hydroxylation sites is 1. The van der Waals surface area contributed by atoms with E-state index in [1.54, 1.807) is 61.7 Å². The number of nitrogens with zero attached hydrogens (tertiary/aromatic N) is 3. The topological polar surface area (TPSA) is 87.3 Å². The molecule has 28 heavy (non-hydrogen) atoms. The molecule has 0 spiro atoms. The first kappa shape index (κ1) is 17.4. The van der Waals surface area contributed by atoms with Gasteiger partial charge in [-0.05, 0) is 48.5 Å². The SMILES string of the molecule is COc1ccc(-n2c(-c3ccc([N+](=O)[O-])cc3)nc3ccccc3c2=O)cc1. The highest BCUT2D eigenvalue weighted by Gasteiger charge is 2.15. The van der Waals surface area contributed by atoms with Crippen LogP contribution in [0, 0.1) is 10.1 Å². The summed E-state index contributed by atoms with van der Waals surface area (Å²) in [5.41, 5.74) is 1.54. The van der Waals surface area contributed by atoms with Gasteiger partial charge in [0.1, 0.15) is 11.6 Å². The van der Waals surface area contributed by atoms with Crippen LogP contribution in [0.15, 0.2) is 77.6 Å². The van der Waals surface area contributed by atoms with Crippen LogP contribution in [-0.2, 0) is 0 Å². The summed E-state index contributed by atoms with van der Waals surface area (Å²) in [4.78, 5) is 28.4. The third-order valence-corrected chi connectivity index (χ3v) is 4.44. The second kappa shape index (κ2) is 6.96. The minimum absolute atomic E-state index is 0.0251. The molecule has 0 atom stereocenters. The van der Waals surface area contributed by atoms with Crippen LogP contribution in [0.1, 0.15) is 0 Å². The lowest BCUT2D eigenvalue weighted by molar-refractivity contribution is -0.384. The fourth-order valence-corrected chi connectivity index (χ4v) is 3.03. The molecule has 1 heterocycles. The first-order valence-electron chi connectivity index (χ1n) is 8.49. The molecular weight excluding hydrogens is 358 g/mol. The van der Waals surface area contributed by atoms with Crippen molar-refractivity contribution in [3.05, 3.63) is 93.3 Å². The molecule has 138 valence electrons. The first-order chi connectivity index (χ1) is 13.6. The smallest absolute Gasteiger partial charge is 0.269 e. The van der Waals surface area contributed by atoms with Gasteiger partial charge in [-0.1, -0.05) is 12.1 Å². The van der Waals surface area contributed by atoms with Gasteiger partial charge in [0.25, 0.3) is 11.2 Å². The zero-order valence-electron chi connectivity index (χ0n) is 14.9.